The molecule has 2 aromatic carbocycles. The average molecular weight is 370 g/mol. The lowest BCUT2D eigenvalue weighted by Crippen LogP contribution is -2.17. The van der Waals surface area contributed by atoms with E-state index in [9.17, 15) is 18.0 Å². The average Bonchev–Trinajstić information content (AvgIpc) is 2.65. The van der Waals surface area contributed by atoms with Crippen molar-refractivity contribution in [1.82, 2.24) is 4.98 Å². The van der Waals surface area contributed by atoms with E-state index in [0.717, 1.165) is 6.20 Å². The van der Waals surface area contributed by atoms with E-state index in [0.29, 0.717) is 16.7 Å². The molecule has 3 rings (SSSR count). The van der Waals surface area contributed by atoms with E-state index >= 15 is 0 Å². The van der Waals surface area contributed by atoms with Crippen LogP contribution in [-0.2, 0) is 4.79 Å². The SMILES string of the molecule is Cc1c(F)cncc1NC(=O)CC(c1ccc(F)cc1)c1ccc(F)cc1. The molecule has 0 aliphatic rings. The Morgan fingerprint density at radius 2 is 1.44 bits per heavy atom. The molecule has 0 bridgehead atoms. The smallest absolute Gasteiger partial charge is 0.225 e. The number of hydrogen-bond acceptors (Lipinski definition) is 2. The van der Waals surface area contributed by atoms with Crippen LogP contribution in [-0.4, -0.2) is 10.9 Å². The number of nitrogens with zero attached hydrogens (tertiary/aromatic N) is 1. The first-order chi connectivity index (χ1) is 12.9. The van der Waals surface area contributed by atoms with Gasteiger partial charge in [-0.3, -0.25) is 9.78 Å². The van der Waals surface area contributed by atoms with Gasteiger partial charge in [0.2, 0.25) is 5.91 Å². The predicted molar refractivity (Wildman–Crippen MR) is 96.8 cm³/mol. The van der Waals surface area contributed by atoms with Crippen molar-refractivity contribution < 1.29 is 18.0 Å². The Hall–Kier alpha value is -3.15. The second-order valence-electron chi connectivity index (χ2n) is 6.20. The molecular formula is C21H17F3N2O. The van der Waals surface area contributed by atoms with Crippen LogP contribution < -0.4 is 5.32 Å². The van der Waals surface area contributed by atoms with Gasteiger partial charge in [0.1, 0.15) is 17.5 Å². The first kappa shape index (κ1) is 18.6. The molecule has 0 spiro atoms. The maximum Gasteiger partial charge on any atom is 0.225 e. The highest BCUT2D eigenvalue weighted by molar-refractivity contribution is 5.92. The molecule has 0 aliphatic carbocycles. The molecule has 0 atom stereocenters. The minimum Gasteiger partial charge on any atom is -0.324 e. The monoisotopic (exact) mass is 370 g/mol. The van der Waals surface area contributed by atoms with Crippen molar-refractivity contribution in [3.8, 4) is 0 Å². The Labute approximate surface area is 154 Å². The Bertz CT molecular complexity index is 895. The Kier molecular flexibility index (Phi) is 5.54. The molecule has 0 aliphatic heterocycles. The molecule has 0 radical (unpaired) electrons. The summed E-state index contributed by atoms with van der Waals surface area (Å²) in [6, 6.07) is 11.6. The summed E-state index contributed by atoms with van der Waals surface area (Å²) >= 11 is 0. The van der Waals surface area contributed by atoms with Crippen molar-refractivity contribution in [2.45, 2.75) is 19.3 Å². The summed E-state index contributed by atoms with van der Waals surface area (Å²) in [5.74, 6) is -2.05. The van der Waals surface area contributed by atoms with Crippen molar-refractivity contribution in [1.29, 1.82) is 0 Å². The van der Waals surface area contributed by atoms with Crippen LogP contribution in [0.15, 0.2) is 60.9 Å². The van der Waals surface area contributed by atoms with Gasteiger partial charge in [0.05, 0.1) is 18.1 Å². The zero-order valence-electron chi connectivity index (χ0n) is 14.5. The Morgan fingerprint density at radius 3 is 1.96 bits per heavy atom. The van der Waals surface area contributed by atoms with Crippen LogP contribution in [0.1, 0.15) is 29.0 Å². The fourth-order valence-electron chi connectivity index (χ4n) is 2.83. The summed E-state index contributed by atoms with van der Waals surface area (Å²) in [5, 5.41) is 2.65. The van der Waals surface area contributed by atoms with E-state index in [1.807, 2.05) is 0 Å². The number of pyridine rings is 1. The van der Waals surface area contributed by atoms with Gasteiger partial charge in [0.25, 0.3) is 0 Å². The van der Waals surface area contributed by atoms with Crippen molar-refractivity contribution >= 4 is 11.6 Å². The molecule has 0 unspecified atom stereocenters. The van der Waals surface area contributed by atoms with Gasteiger partial charge in [-0.2, -0.15) is 0 Å². The molecule has 0 saturated heterocycles. The van der Waals surface area contributed by atoms with Crippen LogP contribution in [0.25, 0.3) is 0 Å². The number of hydrogen-bond donors (Lipinski definition) is 1. The molecule has 138 valence electrons. The molecule has 1 heterocycles. The van der Waals surface area contributed by atoms with Crippen LogP contribution in [0.3, 0.4) is 0 Å². The molecule has 3 aromatic rings. The van der Waals surface area contributed by atoms with Crippen molar-refractivity contribution in [2.75, 3.05) is 5.32 Å². The zero-order chi connectivity index (χ0) is 19.4. The topological polar surface area (TPSA) is 42.0 Å². The summed E-state index contributed by atoms with van der Waals surface area (Å²) < 4.78 is 40.1. The number of rotatable bonds is 5. The zero-order valence-corrected chi connectivity index (χ0v) is 14.5. The second-order valence-corrected chi connectivity index (χ2v) is 6.20. The maximum atomic E-state index is 13.6. The number of nitrogens with one attached hydrogen (secondary N) is 1. The van der Waals surface area contributed by atoms with Crippen LogP contribution >= 0.6 is 0 Å². The molecule has 1 N–H and O–H groups in total. The Morgan fingerprint density at radius 1 is 0.926 bits per heavy atom. The van der Waals surface area contributed by atoms with Gasteiger partial charge in [-0.15, -0.1) is 0 Å². The molecule has 0 fully saturated rings. The molecule has 1 amide bonds. The number of amides is 1. The summed E-state index contributed by atoms with van der Waals surface area (Å²) in [4.78, 5) is 16.3. The normalized spacial score (nSPS) is 10.9. The standard InChI is InChI=1S/C21H17F3N2O/c1-13-19(24)11-25-12-20(13)26-21(27)10-18(14-2-6-16(22)7-3-14)15-4-8-17(23)9-5-15/h2-9,11-12,18H,10H2,1H3,(H,26,27). The predicted octanol–water partition coefficient (Wildman–Crippen LogP) is 4.97. The largest absolute Gasteiger partial charge is 0.324 e. The van der Waals surface area contributed by atoms with Crippen LogP contribution in [0.5, 0.6) is 0 Å². The number of halogens is 3. The van der Waals surface area contributed by atoms with Gasteiger partial charge < -0.3 is 5.32 Å². The van der Waals surface area contributed by atoms with Gasteiger partial charge in [0, 0.05) is 17.9 Å². The van der Waals surface area contributed by atoms with Gasteiger partial charge in [-0.1, -0.05) is 24.3 Å². The lowest BCUT2D eigenvalue weighted by molar-refractivity contribution is -0.116. The lowest BCUT2D eigenvalue weighted by Gasteiger charge is -2.18. The maximum absolute atomic E-state index is 13.6. The Balaban J connectivity index is 1.86. The third-order valence-corrected chi connectivity index (χ3v) is 4.36. The van der Waals surface area contributed by atoms with E-state index < -0.39 is 11.7 Å². The van der Waals surface area contributed by atoms with E-state index in [2.05, 4.69) is 10.3 Å². The summed E-state index contributed by atoms with van der Waals surface area (Å²) in [5.41, 5.74) is 2.01. The van der Waals surface area contributed by atoms with Crippen molar-refractivity contribution in [3.05, 3.63) is 95.1 Å². The third-order valence-electron chi connectivity index (χ3n) is 4.36. The summed E-state index contributed by atoms with van der Waals surface area (Å²) in [7, 11) is 0. The molecule has 0 saturated carbocycles. The number of carbonyl (C=O) groups excluding carboxylic acids is 1. The molecular weight excluding hydrogens is 353 g/mol. The first-order valence-corrected chi connectivity index (χ1v) is 8.35. The summed E-state index contributed by atoms with van der Waals surface area (Å²) in [6.45, 7) is 1.55. The summed E-state index contributed by atoms with van der Waals surface area (Å²) in [6.07, 6.45) is 2.47. The minimum atomic E-state index is -0.513. The number of anilines is 1. The van der Waals surface area contributed by atoms with Gasteiger partial charge in [-0.25, -0.2) is 13.2 Å². The van der Waals surface area contributed by atoms with Gasteiger partial charge >= 0.3 is 0 Å². The second kappa shape index (κ2) is 8.03. The van der Waals surface area contributed by atoms with Crippen LogP contribution in [0.2, 0.25) is 0 Å². The van der Waals surface area contributed by atoms with Crippen molar-refractivity contribution in [3.63, 3.8) is 0 Å². The first-order valence-electron chi connectivity index (χ1n) is 8.35. The van der Waals surface area contributed by atoms with E-state index in [-0.39, 0.29) is 29.6 Å². The van der Waals surface area contributed by atoms with Gasteiger partial charge in [-0.05, 0) is 42.3 Å². The number of benzene rings is 2. The van der Waals surface area contributed by atoms with Crippen LogP contribution in [0.4, 0.5) is 18.9 Å². The highest BCUT2D eigenvalue weighted by Crippen LogP contribution is 2.29. The van der Waals surface area contributed by atoms with E-state index in [1.165, 1.54) is 30.5 Å². The van der Waals surface area contributed by atoms with E-state index in [4.69, 9.17) is 0 Å². The highest BCUT2D eigenvalue weighted by Gasteiger charge is 2.19. The van der Waals surface area contributed by atoms with Gasteiger partial charge in [0.15, 0.2) is 0 Å². The number of aromatic nitrogens is 1. The quantitative estimate of drug-likeness (QED) is 0.689. The molecule has 27 heavy (non-hydrogen) atoms. The molecule has 6 heteroatoms. The van der Waals surface area contributed by atoms with Crippen LogP contribution in [0, 0.1) is 24.4 Å². The highest BCUT2D eigenvalue weighted by atomic mass is 19.1. The fourth-order valence-corrected chi connectivity index (χ4v) is 2.83. The lowest BCUT2D eigenvalue weighted by atomic mass is 9.88. The molecule has 3 nitrogen and oxygen atoms in total. The van der Waals surface area contributed by atoms with Crippen molar-refractivity contribution in [2.24, 2.45) is 0 Å². The molecule has 1 aromatic heterocycles. The third kappa shape index (κ3) is 4.53. The fraction of sp³-hybridized carbons (Fsp3) is 0.143. The minimum absolute atomic E-state index is 0.0210. The number of carbonyl (C=O) groups is 1. The van der Waals surface area contributed by atoms with E-state index in [1.54, 1.807) is 31.2 Å².